The van der Waals surface area contributed by atoms with Crippen LogP contribution in [-0.4, -0.2) is 33.5 Å². The molecule has 0 aliphatic rings. The quantitative estimate of drug-likeness (QED) is 0.336. The summed E-state index contributed by atoms with van der Waals surface area (Å²) >= 11 is 3.03. The minimum atomic E-state index is 0.00834. The Labute approximate surface area is 195 Å². The van der Waals surface area contributed by atoms with E-state index in [0.29, 0.717) is 11.7 Å². The molecule has 0 radical (unpaired) electrons. The van der Waals surface area contributed by atoms with Gasteiger partial charge in [-0.15, -0.1) is 21.5 Å². The number of thioether (sulfide) groups is 1. The largest absolute Gasteiger partial charge is 0.497 e. The molecule has 0 spiro atoms. The van der Waals surface area contributed by atoms with Gasteiger partial charge in [-0.05, 0) is 48.2 Å². The molecule has 8 heteroatoms. The first-order chi connectivity index (χ1) is 15.6. The topological polar surface area (TPSA) is 60.2 Å². The number of carbonyl (C=O) groups is 1. The zero-order valence-corrected chi connectivity index (χ0v) is 19.8. The van der Waals surface area contributed by atoms with Gasteiger partial charge in [0.05, 0.1) is 19.4 Å². The molecular formula is C24H24N4O2S2. The van der Waals surface area contributed by atoms with E-state index in [4.69, 9.17) is 4.74 Å². The number of hydrogen-bond acceptors (Lipinski definition) is 6. The van der Waals surface area contributed by atoms with Gasteiger partial charge in [-0.1, -0.05) is 42.1 Å². The van der Waals surface area contributed by atoms with Crippen molar-refractivity contribution in [3.8, 4) is 17.1 Å². The average molecular weight is 465 g/mol. The number of anilines is 1. The van der Waals surface area contributed by atoms with E-state index in [-0.39, 0.29) is 11.7 Å². The van der Waals surface area contributed by atoms with Crippen molar-refractivity contribution in [2.45, 2.75) is 18.6 Å². The van der Waals surface area contributed by atoms with Gasteiger partial charge in [0.1, 0.15) is 5.75 Å². The molecule has 0 aliphatic heterocycles. The molecule has 1 amide bonds. The highest BCUT2D eigenvalue weighted by Gasteiger charge is 2.20. The highest BCUT2D eigenvalue weighted by molar-refractivity contribution is 7.99. The van der Waals surface area contributed by atoms with Crippen LogP contribution in [0.15, 0.2) is 71.2 Å². The summed E-state index contributed by atoms with van der Waals surface area (Å²) in [5.41, 5.74) is 3.01. The zero-order chi connectivity index (χ0) is 22.5. The first kappa shape index (κ1) is 22.1. The second-order valence-electron chi connectivity index (χ2n) is 7.23. The Kier molecular flexibility index (Phi) is 6.92. The molecule has 2 aromatic carbocycles. The van der Waals surface area contributed by atoms with Crippen LogP contribution in [0.5, 0.6) is 5.75 Å². The van der Waals surface area contributed by atoms with E-state index in [1.807, 2.05) is 71.6 Å². The van der Waals surface area contributed by atoms with Gasteiger partial charge in [0.15, 0.2) is 11.0 Å². The van der Waals surface area contributed by atoms with Crippen molar-refractivity contribution in [2.75, 3.05) is 17.8 Å². The predicted octanol–water partition coefficient (Wildman–Crippen LogP) is 5.19. The van der Waals surface area contributed by atoms with Crippen molar-refractivity contribution in [1.29, 1.82) is 0 Å². The number of aromatic nitrogens is 3. The van der Waals surface area contributed by atoms with Gasteiger partial charge < -0.3 is 14.2 Å². The number of methoxy groups -OCH3 is 1. The molecule has 2 heterocycles. The van der Waals surface area contributed by atoms with Crippen LogP contribution in [0.4, 0.5) is 5.69 Å². The summed E-state index contributed by atoms with van der Waals surface area (Å²) in [7, 11) is 3.56. The molecule has 0 saturated carbocycles. The zero-order valence-electron chi connectivity index (χ0n) is 18.2. The number of amides is 1. The minimum Gasteiger partial charge on any atom is -0.497 e. The molecule has 4 aromatic rings. The molecular weight excluding hydrogens is 440 g/mol. The normalized spacial score (nSPS) is 10.8. The summed E-state index contributed by atoms with van der Waals surface area (Å²) in [6, 6.07) is 19.7. The summed E-state index contributed by atoms with van der Waals surface area (Å²) in [5.74, 6) is 1.82. The fourth-order valence-corrected chi connectivity index (χ4v) is 4.83. The van der Waals surface area contributed by atoms with Crippen LogP contribution in [0.3, 0.4) is 0 Å². The SMILES string of the molecule is COc1ccc(N(Cc2cccs2)C(=O)CSc2nnc(-c3ccccc3C)n2C)cc1. The maximum atomic E-state index is 13.3. The Balaban J connectivity index is 1.51. The van der Waals surface area contributed by atoms with Crippen molar-refractivity contribution in [2.24, 2.45) is 7.05 Å². The summed E-state index contributed by atoms with van der Waals surface area (Å²) in [5, 5.41) is 11.4. The molecule has 4 rings (SSSR count). The van der Waals surface area contributed by atoms with E-state index in [9.17, 15) is 4.79 Å². The second kappa shape index (κ2) is 10.0. The van der Waals surface area contributed by atoms with Crippen molar-refractivity contribution in [3.05, 3.63) is 76.5 Å². The average Bonchev–Trinajstić information content (AvgIpc) is 3.46. The second-order valence-corrected chi connectivity index (χ2v) is 9.20. The molecule has 6 nitrogen and oxygen atoms in total. The number of ether oxygens (including phenoxy) is 1. The minimum absolute atomic E-state index is 0.00834. The number of carbonyl (C=O) groups excluding carboxylic acids is 1. The molecule has 0 fully saturated rings. The van der Waals surface area contributed by atoms with Gasteiger partial charge in [-0.2, -0.15) is 0 Å². The van der Waals surface area contributed by atoms with Gasteiger partial charge in [0.2, 0.25) is 5.91 Å². The van der Waals surface area contributed by atoms with E-state index in [2.05, 4.69) is 23.2 Å². The molecule has 164 valence electrons. The Morgan fingerprint density at radius 3 is 2.56 bits per heavy atom. The molecule has 0 aliphatic carbocycles. The predicted molar refractivity (Wildman–Crippen MR) is 130 cm³/mol. The van der Waals surface area contributed by atoms with E-state index in [0.717, 1.165) is 33.3 Å². The van der Waals surface area contributed by atoms with E-state index in [1.54, 1.807) is 23.3 Å². The fraction of sp³-hybridized carbons (Fsp3) is 0.208. The maximum Gasteiger partial charge on any atom is 0.237 e. The third-order valence-electron chi connectivity index (χ3n) is 5.12. The van der Waals surface area contributed by atoms with Crippen LogP contribution in [0.1, 0.15) is 10.4 Å². The van der Waals surface area contributed by atoms with Gasteiger partial charge in [0.25, 0.3) is 0 Å². The van der Waals surface area contributed by atoms with Crippen LogP contribution in [0.2, 0.25) is 0 Å². The van der Waals surface area contributed by atoms with E-state index in [1.165, 1.54) is 11.8 Å². The number of aryl methyl sites for hydroxylation is 1. The number of nitrogens with zero attached hydrogens (tertiary/aromatic N) is 4. The van der Waals surface area contributed by atoms with Crippen molar-refractivity contribution in [1.82, 2.24) is 14.8 Å². The molecule has 0 N–H and O–H groups in total. The van der Waals surface area contributed by atoms with Gasteiger partial charge in [-0.25, -0.2) is 0 Å². The summed E-state index contributed by atoms with van der Waals surface area (Å²) in [6.07, 6.45) is 0. The first-order valence-electron chi connectivity index (χ1n) is 10.1. The van der Waals surface area contributed by atoms with Crippen LogP contribution in [-0.2, 0) is 18.4 Å². The fourth-order valence-electron chi connectivity index (χ4n) is 3.35. The lowest BCUT2D eigenvalue weighted by molar-refractivity contribution is -0.116. The molecule has 0 saturated heterocycles. The molecule has 32 heavy (non-hydrogen) atoms. The third kappa shape index (κ3) is 4.87. The van der Waals surface area contributed by atoms with Gasteiger partial charge in [-0.3, -0.25) is 4.79 Å². The Morgan fingerprint density at radius 1 is 1.09 bits per heavy atom. The van der Waals surface area contributed by atoms with Crippen LogP contribution in [0, 0.1) is 6.92 Å². The molecule has 0 unspecified atom stereocenters. The van der Waals surface area contributed by atoms with Gasteiger partial charge >= 0.3 is 0 Å². The lowest BCUT2D eigenvalue weighted by Crippen LogP contribution is -2.31. The monoisotopic (exact) mass is 464 g/mol. The number of rotatable bonds is 8. The standard InChI is InChI=1S/C24H24N4O2S2/c1-17-7-4-5-9-21(17)23-25-26-24(27(23)2)32-16-22(29)28(15-20-8-6-14-31-20)18-10-12-19(30-3)13-11-18/h4-14H,15-16H2,1-3H3. The number of hydrogen-bond donors (Lipinski definition) is 0. The lowest BCUT2D eigenvalue weighted by Gasteiger charge is -2.22. The van der Waals surface area contributed by atoms with E-state index < -0.39 is 0 Å². The Hall–Kier alpha value is -3.10. The van der Waals surface area contributed by atoms with Gasteiger partial charge in [0, 0.05) is 23.2 Å². The van der Waals surface area contributed by atoms with Crippen molar-refractivity contribution >= 4 is 34.7 Å². The first-order valence-corrected chi connectivity index (χ1v) is 12.0. The van der Waals surface area contributed by atoms with Crippen LogP contribution >= 0.6 is 23.1 Å². The smallest absolute Gasteiger partial charge is 0.237 e. The summed E-state index contributed by atoms with van der Waals surface area (Å²) in [6.45, 7) is 2.58. The highest BCUT2D eigenvalue weighted by Crippen LogP contribution is 2.27. The number of benzene rings is 2. The van der Waals surface area contributed by atoms with Crippen molar-refractivity contribution in [3.63, 3.8) is 0 Å². The van der Waals surface area contributed by atoms with Crippen LogP contribution < -0.4 is 9.64 Å². The molecule has 0 atom stereocenters. The number of thiophene rings is 1. The van der Waals surface area contributed by atoms with Crippen molar-refractivity contribution < 1.29 is 9.53 Å². The lowest BCUT2D eigenvalue weighted by atomic mass is 10.1. The summed E-state index contributed by atoms with van der Waals surface area (Å²) < 4.78 is 7.20. The van der Waals surface area contributed by atoms with E-state index >= 15 is 0 Å². The Bertz CT molecular complexity index is 1190. The summed E-state index contributed by atoms with van der Waals surface area (Å²) in [4.78, 5) is 16.2. The Morgan fingerprint density at radius 2 is 1.88 bits per heavy atom. The van der Waals surface area contributed by atoms with Crippen LogP contribution in [0.25, 0.3) is 11.4 Å². The molecule has 2 aromatic heterocycles. The molecule has 0 bridgehead atoms. The highest BCUT2D eigenvalue weighted by atomic mass is 32.2. The third-order valence-corrected chi connectivity index (χ3v) is 6.99. The maximum absolute atomic E-state index is 13.3.